The first-order chi connectivity index (χ1) is 7.53. The van der Waals surface area contributed by atoms with Gasteiger partial charge in [-0.25, -0.2) is 0 Å². The number of rotatable bonds is 6. The standard InChI is InChI=1S/C10H15O4PS/c1-4-13-15(12,14-5-2)10-7-6-9(16-10)8(3)11/h6-7H,4-5H2,1-3H3. The molecule has 0 amide bonds. The van der Waals surface area contributed by atoms with Crippen LogP contribution in [-0.4, -0.2) is 19.0 Å². The number of Topliss-reactive ketones (excluding diaryl/α,β-unsaturated/α-hetero) is 1. The van der Waals surface area contributed by atoms with Crippen molar-refractivity contribution in [3.8, 4) is 0 Å². The molecule has 0 spiro atoms. The van der Waals surface area contributed by atoms with Gasteiger partial charge in [-0.05, 0) is 32.9 Å². The molecule has 1 aromatic heterocycles. The van der Waals surface area contributed by atoms with Crippen molar-refractivity contribution in [2.45, 2.75) is 20.8 Å². The summed E-state index contributed by atoms with van der Waals surface area (Å²) in [5, 5.41) is 0. The lowest BCUT2D eigenvalue weighted by atomic mass is 10.4. The van der Waals surface area contributed by atoms with E-state index in [0.717, 1.165) is 0 Å². The summed E-state index contributed by atoms with van der Waals surface area (Å²) < 4.78 is 23.2. The zero-order chi connectivity index (χ0) is 12.2. The van der Waals surface area contributed by atoms with Gasteiger partial charge in [-0.1, -0.05) is 0 Å². The van der Waals surface area contributed by atoms with Crippen LogP contribution in [0.25, 0.3) is 0 Å². The molecule has 0 bridgehead atoms. The van der Waals surface area contributed by atoms with Gasteiger partial charge in [0.1, 0.15) is 4.62 Å². The third kappa shape index (κ3) is 3.01. The lowest BCUT2D eigenvalue weighted by molar-refractivity contribution is 0.102. The van der Waals surface area contributed by atoms with Gasteiger partial charge in [0.2, 0.25) is 0 Å². The van der Waals surface area contributed by atoms with Crippen LogP contribution in [0.5, 0.6) is 0 Å². The van der Waals surface area contributed by atoms with Crippen molar-refractivity contribution in [3.63, 3.8) is 0 Å². The Bertz CT molecular complexity index is 403. The van der Waals surface area contributed by atoms with Gasteiger partial charge >= 0.3 is 7.60 Å². The first-order valence-electron chi connectivity index (χ1n) is 5.04. The molecule has 0 aliphatic rings. The summed E-state index contributed by atoms with van der Waals surface area (Å²) in [6.07, 6.45) is 0. The fourth-order valence-electron chi connectivity index (χ4n) is 1.17. The Hall–Kier alpha value is -0.480. The lowest BCUT2D eigenvalue weighted by Gasteiger charge is -2.14. The molecule has 0 saturated heterocycles. The van der Waals surface area contributed by atoms with Gasteiger partial charge in [-0.15, -0.1) is 11.3 Å². The zero-order valence-corrected chi connectivity index (χ0v) is 11.3. The van der Waals surface area contributed by atoms with Crippen molar-refractivity contribution >= 4 is 29.3 Å². The van der Waals surface area contributed by atoms with Crippen LogP contribution >= 0.6 is 18.9 Å². The zero-order valence-electron chi connectivity index (χ0n) is 9.56. The average Bonchev–Trinajstić information content (AvgIpc) is 2.67. The van der Waals surface area contributed by atoms with Crippen molar-refractivity contribution in [2.75, 3.05) is 13.2 Å². The van der Waals surface area contributed by atoms with E-state index in [1.807, 2.05) is 0 Å². The highest BCUT2D eigenvalue weighted by atomic mass is 32.1. The van der Waals surface area contributed by atoms with Gasteiger partial charge in [-0.2, -0.15) is 0 Å². The van der Waals surface area contributed by atoms with Gasteiger partial charge in [-0.3, -0.25) is 9.36 Å². The molecule has 0 N–H and O–H groups in total. The first-order valence-corrected chi connectivity index (χ1v) is 7.40. The smallest absolute Gasteiger partial charge is 0.305 e. The lowest BCUT2D eigenvalue weighted by Crippen LogP contribution is -2.06. The maximum absolute atomic E-state index is 12.3. The van der Waals surface area contributed by atoms with Gasteiger partial charge in [0.05, 0.1) is 18.1 Å². The van der Waals surface area contributed by atoms with Gasteiger partial charge in [0, 0.05) is 0 Å². The average molecular weight is 262 g/mol. The van der Waals surface area contributed by atoms with Crippen LogP contribution in [0.4, 0.5) is 0 Å². The Morgan fingerprint density at radius 3 is 2.25 bits per heavy atom. The van der Waals surface area contributed by atoms with Crippen LogP contribution in [0, 0.1) is 0 Å². The third-order valence-corrected chi connectivity index (χ3v) is 5.63. The van der Waals surface area contributed by atoms with Crippen LogP contribution in [0.2, 0.25) is 0 Å². The van der Waals surface area contributed by atoms with Crippen molar-refractivity contribution in [3.05, 3.63) is 17.0 Å². The van der Waals surface area contributed by atoms with E-state index >= 15 is 0 Å². The van der Waals surface area contributed by atoms with E-state index in [4.69, 9.17) is 9.05 Å². The normalized spacial score (nSPS) is 11.7. The quantitative estimate of drug-likeness (QED) is 0.584. The van der Waals surface area contributed by atoms with E-state index in [1.165, 1.54) is 18.3 Å². The summed E-state index contributed by atoms with van der Waals surface area (Å²) in [6, 6.07) is 3.28. The predicted octanol–water partition coefficient (Wildman–Crippen LogP) is 2.84. The SMILES string of the molecule is CCOP(=O)(OCC)c1ccc(C(C)=O)s1. The fourth-order valence-corrected chi connectivity index (χ4v) is 4.13. The van der Waals surface area contributed by atoms with Gasteiger partial charge < -0.3 is 9.05 Å². The molecule has 0 aliphatic carbocycles. The van der Waals surface area contributed by atoms with E-state index in [0.29, 0.717) is 22.7 Å². The summed E-state index contributed by atoms with van der Waals surface area (Å²) in [5.41, 5.74) is 0. The molecule has 4 nitrogen and oxygen atoms in total. The largest absolute Gasteiger partial charge is 0.371 e. The minimum Gasteiger partial charge on any atom is -0.305 e. The van der Waals surface area contributed by atoms with Crippen LogP contribution < -0.4 is 4.62 Å². The van der Waals surface area contributed by atoms with Crippen LogP contribution in [0.3, 0.4) is 0 Å². The van der Waals surface area contributed by atoms with E-state index in [2.05, 4.69) is 0 Å². The second kappa shape index (κ2) is 5.73. The van der Waals surface area contributed by atoms with Crippen molar-refractivity contribution in [1.82, 2.24) is 0 Å². The minimum atomic E-state index is -3.22. The van der Waals surface area contributed by atoms with Crippen LogP contribution in [-0.2, 0) is 13.6 Å². The molecule has 1 rings (SSSR count). The third-order valence-electron chi connectivity index (χ3n) is 1.81. The van der Waals surface area contributed by atoms with Crippen molar-refractivity contribution in [1.29, 1.82) is 0 Å². The highest BCUT2D eigenvalue weighted by Crippen LogP contribution is 2.48. The molecule has 0 aromatic carbocycles. The first kappa shape index (κ1) is 13.6. The Labute approximate surface area is 99.1 Å². The Morgan fingerprint density at radius 2 is 1.88 bits per heavy atom. The molecule has 1 aromatic rings. The number of ketones is 1. The monoisotopic (exact) mass is 262 g/mol. The molecule has 1 heterocycles. The number of carbonyl (C=O) groups excluding carboxylic acids is 1. The number of carbonyl (C=O) groups is 1. The van der Waals surface area contributed by atoms with Crippen LogP contribution in [0.15, 0.2) is 12.1 Å². The minimum absolute atomic E-state index is 0.0456. The molecule has 0 fully saturated rings. The summed E-state index contributed by atoms with van der Waals surface area (Å²) in [7, 11) is -3.22. The van der Waals surface area contributed by atoms with Crippen molar-refractivity contribution in [2.24, 2.45) is 0 Å². The number of hydrogen-bond donors (Lipinski definition) is 0. The molecule has 0 unspecified atom stereocenters. The van der Waals surface area contributed by atoms with E-state index < -0.39 is 7.60 Å². The fraction of sp³-hybridized carbons (Fsp3) is 0.500. The molecule has 0 saturated carbocycles. The highest BCUT2D eigenvalue weighted by Gasteiger charge is 2.28. The van der Waals surface area contributed by atoms with E-state index in [-0.39, 0.29) is 5.78 Å². The van der Waals surface area contributed by atoms with Gasteiger partial charge in [0.15, 0.2) is 5.78 Å². The maximum Gasteiger partial charge on any atom is 0.371 e. The summed E-state index contributed by atoms with van der Waals surface area (Å²) in [5.74, 6) is -0.0456. The number of hydrogen-bond acceptors (Lipinski definition) is 5. The van der Waals surface area contributed by atoms with E-state index in [9.17, 15) is 9.36 Å². The van der Waals surface area contributed by atoms with E-state index in [1.54, 1.807) is 26.0 Å². The highest BCUT2D eigenvalue weighted by molar-refractivity contribution is 7.69. The second-order valence-corrected chi connectivity index (χ2v) is 6.41. The summed E-state index contributed by atoms with van der Waals surface area (Å²) in [4.78, 5) is 11.7. The Kier molecular flexibility index (Phi) is 4.87. The molecule has 16 heavy (non-hydrogen) atoms. The molecule has 6 heteroatoms. The van der Waals surface area contributed by atoms with Gasteiger partial charge in [0.25, 0.3) is 0 Å². The molecule has 0 radical (unpaired) electrons. The van der Waals surface area contributed by atoms with Crippen LogP contribution in [0.1, 0.15) is 30.4 Å². The summed E-state index contributed by atoms with van der Waals surface area (Å²) >= 11 is 1.17. The maximum atomic E-state index is 12.3. The molecule has 0 aliphatic heterocycles. The molecule has 90 valence electrons. The topological polar surface area (TPSA) is 52.6 Å². The Balaban J connectivity index is 3.01. The molecular weight excluding hydrogens is 247 g/mol. The molecular formula is C10H15O4PS. The Morgan fingerprint density at radius 1 is 1.31 bits per heavy atom. The molecule has 0 atom stereocenters. The predicted molar refractivity (Wildman–Crippen MR) is 64.8 cm³/mol. The summed E-state index contributed by atoms with van der Waals surface area (Å²) in [6.45, 7) is 5.60. The second-order valence-electron chi connectivity index (χ2n) is 3.03. The van der Waals surface area contributed by atoms with Crippen molar-refractivity contribution < 1.29 is 18.4 Å². The number of thiophene rings is 1.